The lowest BCUT2D eigenvalue weighted by molar-refractivity contribution is -0.384. The first-order valence-electron chi connectivity index (χ1n) is 11.8. The molecule has 0 atom stereocenters. The van der Waals surface area contributed by atoms with Crippen molar-refractivity contribution in [3.63, 3.8) is 0 Å². The molecule has 0 unspecified atom stereocenters. The number of hydrogen-bond acceptors (Lipinski definition) is 8. The van der Waals surface area contributed by atoms with E-state index in [1.54, 1.807) is 12.1 Å². The van der Waals surface area contributed by atoms with Gasteiger partial charge < -0.3 is 14.5 Å². The van der Waals surface area contributed by atoms with Crippen molar-refractivity contribution in [3.05, 3.63) is 75.0 Å². The quantitative estimate of drug-likeness (QED) is 0.281. The largest absolute Gasteiger partial charge is 0.378 e. The van der Waals surface area contributed by atoms with E-state index in [9.17, 15) is 10.1 Å². The number of aromatic nitrogens is 3. The van der Waals surface area contributed by atoms with Crippen LogP contribution in [0.4, 0.5) is 17.3 Å². The predicted molar refractivity (Wildman–Crippen MR) is 137 cm³/mol. The molecular weight excluding hydrogens is 466 g/mol. The monoisotopic (exact) mass is 495 g/mol. The maximum absolute atomic E-state index is 10.9. The maximum Gasteiger partial charge on any atom is 0.269 e. The van der Waals surface area contributed by atoms with E-state index in [0.29, 0.717) is 31.2 Å². The van der Waals surface area contributed by atoms with Crippen LogP contribution in [0.15, 0.2) is 54.6 Å². The molecule has 3 aromatic rings. The number of nitro benzene ring substituents is 1. The number of ether oxygens (including phenoxy) is 1. The Hall–Kier alpha value is -3.28. The molecule has 11 heteroatoms. The molecule has 5 rings (SSSR count). The van der Waals surface area contributed by atoms with Crippen LogP contribution in [0.5, 0.6) is 0 Å². The fourth-order valence-corrected chi connectivity index (χ4v) is 4.79. The molecule has 35 heavy (non-hydrogen) atoms. The lowest BCUT2D eigenvalue weighted by Crippen LogP contribution is -2.47. The van der Waals surface area contributed by atoms with Gasteiger partial charge in [-0.1, -0.05) is 30.3 Å². The van der Waals surface area contributed by atoms with Crippen LogP contribution in [0.25, 0.3) is 0 Å². The summed E-state index contributed by atoms with van der Waals surface area (Å²) in [6.07, 6.45) is 0. The summed E-state index contributed by atoms with van der Waals surface area (Å²) in [6.45, 7) is 7.69. The summed E-state index contributed by atoms with van der Waals surface area (Å²) in [7, 11) is 0. The first kappa shape index (κ1) is 23.5. The molecule has 0 saturated carbocycles. The van der Waals surface area contributed by atoms with Crippen LogP contribution in [0, 0.1) is 14.9 Å². The highest BCUT2D eigenvalue weighted by Crippen LogP contribution is 2.22. The van der Waals surface area contributed by atoms with E-state index < -0.39 is 0 Å². The van der Waals surface area contributed by atoms with Crippen LogP contribution in [0.1, 0.15) is 5.56 Å². The lowest BCUT2D eigenvalue weighted by atomic mass is 10.2. The van der Waals surface area contributed by atoms with Gasteiger partial charge in [0.15, 0.2) is 0 Å². The maximum atomic E-state index is 10.9. The standard InChI is InChI=1S/C24H29N7O3S/c32-31(33)22-8-6-21(7-9-22)27-12-10-26(11-13-27)19-30-24(35)29(18-20-4-2-1-3-5-20)23(25-30)28-14-16-34-17-15-28/h1-9H,10-19H2. The highest BCUT2D eigenvalue weighted by molar-refractivity contribution is 7.71. The zero-order chi connectivity index (χ0) is 24.2. The first-order chi connectivity index (χ1) is 17.1. The van der Waals surface area contributed by atoms with Crippen molar-refractivity contribution < 1.29 is 9.66 Å². The number of rotatable bonds is 7. The molecule has 184 valence electrons. The van der Waals surface area contributed by atoms with Crippen molar-refractivity contribution in [2.75, 3.05) is 62.3 Å². The van der Waals surface area contributed by atoms with Crippen molar-refractivity contribution in [2.24, 2.45) is 0 Å². The molecule has 0 amide bonds. The predicted octanol–water partition coefficient (Wildman–Crippen LogP) is 2.99. The van der Waals surface area contributed by atoms with Gasteiger partial charge in [0.1, 0.15) is 0 Å². The zero-order valence-corrected chi connectivity index (χ0v) is 20.3. The third-order valence-corrected chi connectivity index (χ3v) is 6.94. The highest BCUT2D eigenvalue weighted by Gasteiger charge is 2.23. The van der Waals surface area contributed by atoms with Gasteiger partial charge in [-0.15, -0.1) is 5.10 Å². The van der Waals surface area contributed by atoms with E-state index in [1.165, 1.54) is 5.56 Å². The molecule has 0 spiro atoms. The Labute approximate surface area is 209 Å². The molecular formula is C24H29N7O3S. The van der Waals surface area contributed by atoms with Crippen molar-refractivity contribution in [1.29, 1.82) is 0 Å². The minimum absolute atomic E-state index is 0.115. The van der Waals surface area contributed by atoms with Crippen molar-refractivity contribution in [3.8, 4) is 0 Å². The fourth-order valence-electron chi connectivity index (χ4n) is 4.55. The minimum Gasteiger partial charge on any atom is -0.378 e. The van der Waals surface area contributed by atoms with E-state index in [0.717, 1.165) is 50.9 Å². The normalized spacial score (nSPS) is 17.0. The number of hydrogen-bond donors (Lipinski definition) is 0. The van der Waals surface area contributed by atoms with Crippen molar-refractivity contribution in [1.82, 2.24) is 19.2 Å². The summed E-state index contributed by atoms with van der Waals surface area (Å²) in [5.41, 5.74) is 2.31. The van der Waals surface area contributed by atoms with Gasteiger partial charge in [0.2, 0.25) is 10.7 Å². The van der Waals surface area contributed by atoms with E-state index in [1.807, 2.05) is 35.0 Å². The Balaban J connectivity index is 1.29. The SMILES string of the molecule is O=[N+]([O-])c1ccc(N2CCN(Cn3nc(N4CCOCC4)n(Cc4ccccc4)c3=S)CC2)cc1. The fraction of sp³-hybridized carbons (Fsp3) is 0.417. The van der Waals surface area contributed by atoms with Gasteiger partial charge in [-0.25, -0.2) is 4.68 Å². The summed E-state index contributed by atoms with van der Waals surface area (Å²) >= 11 is 5.90. The van der Waals surface area contributed by atoms with E-state index in [2.05, 4.69) is 31.4 Å². The van der Waals surface area contributed by atoms with Crippen LogP contribution in [0.2, 0.25) is 0 Å². The molecule has 2 aliphatic rings. The van der Waals surface area contributed by atoms with Crippen LogP contribution in [-0.4, -0.2) is 76.7 Å². The van der Waals surface area contributed by atoms with Crippen LogP contribution in [0.3, 0.4) is 0 Å². The van der Waals surface area contributed by atoms with Crippen molar-refractivity contribution >= 4 is 29.5 Å². The third-order valence-electron chi connectivity index (χ3n) is 6.51. The highest BCUT2D eigenvalue weighted by atomic mass is 32.1. The van der Waals surface area contributed by atoms with Crippen LogP contribution in [-0.2, 0) is 18.0 Å². The molecule has 2 aliphatic heterocycles. The van der Waals surface area contributed by atoms with Crippen LogP contribution >= 0.6 is 12.2 Å². The number of non-ortho nitro benzene ring substituents is 1. The Morgan fingerprint density at radius 2 is 1.60 bits per heavy atom. The molecule has 10 nitrogen and oxygen atoms in total. The molecule has 1 aromatic heterocycles. The number of benzene rings is 2. The van der Waals surface area contributed by atoms with Gasteiger partial charge in [-0.2, -0.15) is 0 Å². The van der Waals surface area contributed by atoms with Crippen molar-refractivity contribution in [2.45, 2.75) is 13.2 Å². The lowest BCUT2D eigenvalue weighted by Gasteiger charge is -2.35. The smallest absolute Gasteiger partial charge is 0.269 e. The van der Waals surface area contributed by atoms with E-state index >= 15 is 0 Å². The molecule has 0 N–H and O–H groups in total. The molecule has 3 heterocycles. The summed E-state index contributed by atoms with van der Waals surface area (Å²) in [5, 5.41) is 15.9. The zero-order valence-electron chi connectivity index (χ0n) is 19.5. The molecule has 2 saturated heterocycles. The van der Waals surface area contributed by atoms with E-state index in [-0.39, 0.29) is 10.6 Å². The summed E-state index contributed by atoms with van der Waals surface area (Å²) in [5.74, 6) is 0.895. The number of nitrogens with zero attached hydrogens (tertiary/aromatic N) is 7. The number of anilines is 2. The third kappa shape index (κ3) is 5.37. The second-order valence-electron chi connectivity index (χ2n) is 8.77. The number of piperazine rings is 1. The summed E-state index contributed by atoms with van der Waals surface area (Å²) < 4.78 is 10.3. The average molecular weight is 496 g/mol. The van der Waals surface area contributed by atoms with Gasteiger partial charge >= 0.3 is 0 Å². The topological polar surface area (TPSA) is 84.8 Å². The molecule has 0 bridgehead atoms. The second kappa shape index (κ2) is 10.5. The van der Waals surface area contributed by atoms with E-state index in [4.69, 9.17) is 22.1 Å². The minimum atomic E-state index is -0.368. The average Bonchev–Trinajstić information content (AvgIpc) is 3.20. The van der Waals surface area contributed by atoms with Gasteiger partial charge in [-0.05, 0) is 29.9 Å². The summed E-state index contributed by atoms with van der Waals surface area (Å²) in [4.78, 5) is 17.4. The second-order valence-corrected chi connectivity index (χ2v) is 9.14. The Bertz CT molecular complexity index is 1200. The molecule has 0 radical (unpaired) electrons. The molecule has 2 aromatic carbocycles. The Kier molecular flexibility index (Phi) is 7.07. The van der Waals surface area contributed by atoms with Gasteiger partial charge in [0.25, 0.3) is 5.69 Å². The molecule has 0 aliphatic carbocycles. The van der Waals surface area contributed by atoms with Gasteiger partial charge in [0.05, 0.1) is 31.4 Å². The first-order valence-corrected chi connectivity index (χ1v) is 12.3. The Morgan fingerprint density at radius 3 is 2.26 bits per heavy atom. The Morgan fingerprint density at radius 1 is 0.914 bits per heavy atom. The summed E-state index contributed by atoms with van der Waals surface area (Å²) in [6, 6.07) is 17.1. The van der Waals surface area contributed by atoms with Gasteiger partial charge in [0, 0.05) is 57.1 Å². The number of morpholine rings is 1. The van der Waals surface area contributed by atoms with Gasteiger partial charge in [-0.3, -0.25) is 19.6 Å². The van der Waals surface area contributed by atoms with Crippen LogP contribution < -0.4 is 9.80 Å². The molecule has 2 fully saturated rings. The number of nitro groups is 1.